The van der Waals surface area contributed by atoms with E-state index in [0.717, 1.165) is 40.8 Å². The zero-order chi connectivity index (χ0) is 14.4. The Morgan fingerprint density at radius 1 is 0.952 bits per heavy atom. The van der Waals surface area contributed by atoms with Gasteiger partial charge in [-0.05, 0) is 53.0 Å². The van der Waals surface area contributed by atoms with E-state index >= 15 is 0 Å². The van der Waals surface area contributed by atoms with Crippen molar-refractivity contribution in [1.29, 1.82) is 0 Å². The maximum absolute atomic E-state index is 11.5. The number of aryl methyl sites for hydroxylation is 2. The van der Waals surface area contributed by atoms with Crippen molar-refractivity contribution in [2.75, 3.05) is 0 Å². The molecule has 0 aliphatic heterocycles. The number of rotatable bonds is 1. The summed E-state index contributed by atoms with van der Waals surface area (Å²) in [4.78, 5) is 11.3. The van der Waals surface area contributed by atoms with Crippen LogP contribution >= 0.6 is 0 Å². The lowest BCUT2D eigenvalue weighted by atomic mass is 9.86. The molecule has 0 saturated carbocycles. The fourth-order valence-corrected chi connectivity index (χ4v) is 3.58. The van der Waals surface area contributed by atoms with Crippen LogP contribution < -0.4 is 0 Å². The zero-order valence-electron chi connectivity index (χ0n) is 11.6. The highest BCUT2D eigenvalue weighted by Crippen LogP contribution is 2.39. The number of nitro benzene ring substituents is 1. The Balaban J connectivity index is 2.23. The van der Waals surface area contributed by atoms with E-state index in [1.165, 1.54) is 17.5 Å². The van der Waals surface area contributed by atoms with E-state index in [2.05, 4.69) is 18.2 Å². The summed E-state index contributed by atoms with van der Waals surface area (Å²) in [6.07, 6.45) is 4.29. The summed E-state index contributed by atoms with van der Waals surface area (Å²) < 4.78 is 0. The van der Waals surface area contributed by atoms with Crippen LogP contribution in [0.3, 0.4) is 0 Å². The maximum atomic E-state index is 11.5. The predicted octanol–water partition coefficient (Wildman–Crippen LogP) is 4.78. The molecule has 1 aliphatic rings. The molecule has 0 unspecified atom stereocenters. The molecule has 3 aromatic rings. The number of benzene rings is 3. The smallest absolute Gasteiger partial charge is 0.258 e. The first-order chi connectivity index (χ1) is 10.3. The fraction of sp³-hybridized carbons (Fsp3) is 0.222. The largest absolute Gasteiger partial charge is 0.278 e. The molecule has 0 aromatic heterocycles. The van der Waals surface area contributed by atoms with Crippen LogP contribution in [0.2, 0.25) is 0 Å². The Morgan fingerprint density at radius 3 is 2.62 bits per heavy atom. The van der Waals surface area contributed by atoms with E-state index < -0.39 is 0 Å². The summed E-state index contributed by atoms with van der Waals surface area (Å²) in [5, 5.41) is 15.5. The van der Waals surface area contributed by atoms with Crippen molar-refractivity contribution in [3.8, 4) is 0 Å². The van der Waals surface area contributed by atoms with Gasteiger partial charge in [-0.2, -0.15) is 0 Å². The Kier molecular flexibility index (Phi) is 2.67. The van der Waals surface area contributed by atoms with Gasteiger partial charge in [0, 0.05) is 6.07 Å². The van der Waals surface area contributed by atoms with Crippen molar-refractivity contribution in [1.82, 2.24) is 0 Å². The van der Waals surface area contributed by atoms with Gasteiger partial charge in [-0.1, -0.05) is 36.4 Å². The van der Waals surface area contributed by atoms with Crippen molar-refractivity contribution in [3.63, 3.8) is 0 Å². The minimum atomic E-state index is -0.232. The predicted molar refractivity (Wildman–Crippen MR) is 84.8 cm³/mol. The van der Waals surface area contributed by atoms with Crippen LogP contribution in [0.5, 0.6) is 0 Å². The van der Waals surface area contributed by atoms with Crippen LogP contribution in [-0.2, 0) is 12.8 Å². The van der Waals surface area contributed by atoms with Crippen LogP contribution in [-0.4, -0.2) is 4.92 Å². The van der Waals surface area contributed by atoms with Crippen LogP contribution in [0.1, 0.15) is 24.0 Å². The molecule has 3 aromatic carbocycles. The lowest BCUT2D eigenvalue weighted by Crippen LogP contribution is -2.04. The van der Waals surface area contributed by atoms with Crippen LogP contribution in [0.25, 0.3) is 21.5 Å². The molecule has 1 aliphatic carbocycles. The third kappa shape index (κ3) is 1.81. The molecule has 0 N–H and O–H groups in total. The van der Waals surface area contributed by atoms with Crippen LogP contribution in [0.4, 0.5) is 5.69 Å². The maximum Gasteiger partial charge on any atom is 0.278 e. The summed E-state index contributed by atoms with van der Waals surface area (Å²) in [7, 11) is 0. The first-order valence-electron chi connectivity index (χ1n) is 7.36. The molecule has 0 radical (unpaired) electrons. The quantitative estimate of drug-likeness (QED) is 0.365. The molecule has 0 atom stereocenters. The highest BCUT2D eigenvalue weighted by atomic mass is 16.6. The Bertz CT molecular complexity index is 883. The Hall–Kier alpha value is -2.42. The normalized spacial score (nSPS) is 14.3. The summed E-state index contributed by atoms with van der Waals surface area (Å²) in [6, 6.07) is 13.9. The average Bonchev–Trinajstić information content (AvgIpc) is 2.53. The molecule has 0 amide bonds. The first kappa shape index (κ1) is 12.3. The van der Waals surface area contributed by atoms with Crippen LogP contribution in [0.15, 0.2) is 42.5 Å². The lowest BCUT2D eigenvalue weighted by molar-refractivity contribution is -0.383. The molecular formula is C18H15NO2. The number of non-ortho nitro benzene ring substituents is 1. The fourth-order valence-electron chi connectivity index (χ4n) is 3.58. The molecule has 0 heterocycles. The minimum Gasteiger partial charge on any atom is -0.258 e. The molecule has 0 saturated heterocycles. The second-order valence-corrected chi connectivity index (χ2v) is 5.71. The van der Waals surface area contributed by atoms with Crippen molar-refractivity contribution >= 4 is 27.2 Å². The standard InChI is InChI=1S/C18H15NO2/c20-19(21)17-11-13-6-2-3-7-14(13)16-10-9-12-5-1-4-8-15(12)18(16)17/h2-3,6-7,9-11H,1,4-5,8H2. The molecule has 0 fully saturated rings. The average molecular weight is 277 g/mol. The summed E-state index contributed by atoms with van der Waals surface area (Å²) in [6.45, 7) is 0. The van der Waals surface area contributed by atoms with E-state index in [9.17, 15) is 10.1 Å². The summed E-state index contributed by atoms with van der Waals surface area (Å²) >= 11 is 0. The second-order valence-electron chi connectivity index (χ2n) is 5.71. The van der Waals surface area contributed by atoms with E-state index in [0.29, 0.717) is 0 Å². The third-order valence-electron chi connectivity index (χ3n) is 4.53. The molecule has 104 valence electrons. The van der Waals surface area contributed by atoms with Gasteiger partial charge in [0.05, 0.1) is 10.3 Å². The van der Waals surface area contributed by atoms with Crippen molar-refractivity contribution in [3.05, 3.63) is 63.7 Å². The molecule has 0 bridgehead atoms. The molecule has 3 nitrogen and oxygen atoms in total. The lowest BCUT2D eigenvalue weighted by Gasteiger charge is -2.18. The number of nitro groups is 1. The van der Waals surface area contributed by atoms with Gasteiger partial charge >= 0.3 is 0 Å². The Labute approximate surface area is 122 Å². The van der Waals surface area contributed by atoms with Crippen molar-refractivity contribution in [2.24, 2.45) is 0 Å². The van der Waals surface area contributed by atoms with Gasteiger partial charge in [0.25, 0.3) is 5.69 Å². The first-order valence-corrected chi connectivity index (χ1v) is 7.36. The SMILES string of the molecule is O=[N+]([O-])c1cc2ccccc2c2ccc3c(c12)CCCC3. The molecule has 3 heteroatoms. The van der Waals surface area contributed by atoms with Gasteiger partial charge in [0.1, 0.15) is 0 Å². The van der Waals surface area contributed by atoms with Gasteiger partial charge in [-0.3, -0.25) is 10.1 Å². The second kappa shape index (κ2) is 4.55. The molecule has 0 spiro atoms. The number of nitrogens with zero attached hydrogens (tertiary/aromatic N) is 1. The van der Waals surface area contributed by atoms with Gasteiger partial charge < -0.3 is 0 Å². The topological polar surface area (TPSA) is 43.1 Å². The minimum absolute atomic E-state index is 0.232. The third-order valence-corrected chi connectivity index (χ3v) is 4.53. The number of fused-ring (bicyclic) bond motifs is 5. The van der Waals surface area contributed by atoms with E-state index in [4.69, 9.17) is 0 Å². The van der Waals surface area contributed by atoms with Gasteiger partial charge in [-0.15, -0.1) is 0 Å². The number of hydrogen-bond donors (Lipinski definition) is 0. The molecule has 21 heavy (non-hydrogen) atoms. The van der Waals surface area contributed by atoms with E-state index in [-0.39, 0.29) is 10.6 Å². The Morgan fingerprint density at radius 2 is 1.76 bits per heavy atom. The van der Waals surface area contributed by atoms with E-state index in [1.54, 1.807) is 6.07 Å². The molecular weight excluding hydrogens is 262 g/mol. The van der Waals surface area contributed by atoms with Gasteiger partial charge in [-0.25, -0.2) is 0 Å². The van der Waals surface area contributed by atoms with Crippen molar-refractivity contribution in [2.45, 2.75) is 25.7 Å². The van der Waals surface area contributed by atoms with Gasteiger partial charge in [0.2, 0.25) is 0 Å². The summed E-state index contributed by atoms with van der Waals surface area (Å²) in [5.74, 6) is 0. The highest BCUT2D eigenvalue weighted by molar-refractivity contribution is 6.13. The highest BCUT2D eigenvalue weighted by Gasteiger charge is 2.21. The molecule has 4 rings (SSSR count). The van der Waals surface area contributed by atoms with Crippen molar-refractivity contribution < 1.29 is 4.92 Å². The van der Waals surface area contributed by atoms with Gasteiger partial charge in [0.15, 0.2) is 0 Å². The number of hydrogen-bond acceptors (Lipinski definition) is 2. The van der Waals surface area contributed by atoms with Crippen LogP contribution in [0, 0.1) is 10.1 Å². The zero-order valence-corrected chi connectivity index (χ0v) is 11.6. The van der Waals surface area contributed by atoms with E-state index in [1.807, 2.05) is 18.2 Å². The monoisotopic (exact) mass is 277 g/mol. The summed E-state index contributed by atoms with van der Waals surface area (Å²) in [5.41, 5.74) is 2.73.